The van der Waals surface area contributed by atoms with Gasteiger partial charge in [-0.15, -0.1) is 0 Å². The van der Waals surface area contributed by atoms with Crippen LogP contribution in [0.1, 0.15) is 36.2 Å². The highest BCUT2D eigenvalue weighted by atomic mass is 19.1. The number of rotatable bonds is 11. The summed E-state index contributed by atoms with van der Waals surface area (Å²) in [4.78, 5) is 30.4. The van der Waals surface area contributed by atoms with Gasteiger partial charge in [-0.1, -0.05) is 18.2 Å². The molecule has 0 radical (unpaired) electrons. The van der Waals surface area contributed by atoms with Gasteiger partial charge in [-0.2, -0.15) is 5.10 Å². The van der Waals surface area contributed by atoms with Crippen molar-refractivity contribution in [3.05, 3.63) is 90.3 Å². The number of amides is 1. The summed E-state index contributed by atoms with van der Waals surface area (Å²) in [5, 5.41) is 10.5. The van der Waals surface area contributed by atoms with Gasteiger partial charge in [0.1, 0.15) is 29.5 Å². The average molecular weight is 617 g/mol. The Kier molecular flexibility index (Phi) is 8.29. The van der Waals surface area contributed by atoms with Gasteiger partial charge in [0, 0.05) is 35.1 Å². The second kappa shape index (κ2) is 12.6. The molecule has 0 atom stereocenters. The van der Waals surface area contributed by atoms with Crippen LogP contribution < -0.4 is 20.9 Å². The van der Waals surface area contributed by atoms with Crippen molar-refractivity contribution in [1.29, 1.82) is 0 Å². The van der Waals surface area contributed by atoms with Crippen molar-refractivity contribution in [2.75, 3.05) is 24.4 Å². The number of nitrogens with one attached hydrogen (secondary N) is 3. The topological polar surface area (TPSA) is 128 Å². The number of benzene rings is 2. The number of carbonyl (C=O) groups excluding carboxylic acids is 1. The van der Waals surface area contributed by atoms with Crippen molar-refractivity contribution in [2.45, 2.75) is 25.8 Å². The molecule has 3 heterocycles. The monoisotopic (exact) mass is 616 g/mol. The summed E-state index contributed by atoms with van der Waals surface area (Å²) in [5.74, 6) is -2.39. The summed E-state index contributed by atoms with van der Waals surface area (Å²) < 4.78 is 50.5. The largest absolute Gasteiger partial charge is 0.495 e. The Morgan fingerprint density at radius 1 is 0.933 bits per heavy atom. The smallest absolute Gasteiger partial charge is 0.278 e. The first-order valence-corrected chi connectivity index (χ1v) is 14.0. The standard InChI is InChI=1S/C31H27F3N8O3/c1-3-45-41-31(43)23-15-35-27(39-30-24(34)12-18(33)14-36-30)13-26(23)38-25-7-5-4-6-20(25)21-10-17(32)11-22(28(21)44-2)29-37-16-42(40-29)19-8-9-19/h4-7,10-16,19H,3,8-9H2,1-2H3,(H,41,43)(H2,35,36,38,39). The number of methoxy groups -OCH3 is 1. The Balaban J connectivity index is 1.41. The lowest BCUT2D eigenvalue weighted by Crippen LogP contribution is -2.24. The Morgan fingerprint density at radius 3 is 2.49 bits per heavy atom. The van der Waals surface area contributed by atoms with E-state index in [-0.39, 0.29) is 29.5 Å². The maximum absolute atomic E-state index is 15.2. The summed E-state index contributed by atoms with van der Waals surface area (Å²) in [6, 6.07) is 12.1. The number of aromatic nitrogens is 5. The number of pyridine rings is 2. The maximum atomic E-state index is 15.2. The minimum atomic E-state index is -0.930. The number of anilines is 4. The maximum Gasteiger partial charge on any atom is 0.278 e. The molecule has 0 aliphatic heterocycles. The third kappa shape index (κ3) is 6.40. The lowest BCUT2D eigenvalue weighted by Gasteiger charge is -2.18. The summed E-state index contributed by atoms with van der Waals surface area (Å²) in [6.07, 6.45) is 5.77. The summed E-state index contributed by atoms with van der Waals surface area (Å²) >= 11 is 0. The van der Waals surface area contributed by atoms with Crippen LogP contribution in [0.4, 0.5) is 36.2 Å². The fraction of sp³-hybridized carbons (Fsp3) is 0.194. The first-order chi connectivity index (χ1) is 21.8. The van der Waals surface area contributed by atoms with Gasteiger partial charge in [-0.05, 0) is 38.0 Å². The Labute approximate surface area is 255 Å². The molecule has 0 saturated heterocycles. The molecule has 0 bridgehead atoms. The molecule has 0 spiro atoms. The first-order valence-electron chi connectivity index (χ1n) is 14.0. The minimum absolute atomic E-state index is 0.0815. The number of halogens is 3. The number of carbonyl (C=O) groups is 1. The number of para-hydroxylation sites is 1. The lowest BCUT2D eigenvalue weighted by molar-refractivity contribution is 0.0365. The zero-order valence-corrected chi connectivity index (χ0v) is 24.1. The SMILES string of the molecule is CCONC(=O)c1cnc(Nc2ncc(F)cc2F)cc1Nc1ccccc1-c1cc(F)cc(-c2ncn(C3CC3)n2)c1OC. The van der Waals surface area contributed by atoms with Crippen LogP contribution in [0.3, 0.4) is 0 Å². The van der Waals surface area contributed by atoms with Crippen molar-refractivity contribution >= 4 is 28.9 Å². The highest BCUT2D eigenvalue weighted by Crippen LogP contribution is 2.43. The molecule has 14 heteroatoms. The summed E-state index contributed by atoms with van der Waals surface area (Å²) in [7, 11) is 1.48. The van der Waals surface area contributed by atoms with Crippen LogP contribution >= 0.6 is 0 Å². The molecule has 3 aromatic heterocycles. The Hall–Kier alpha value is -5.50. The molecule has 1 aliphatic rings. The molecule has 0 unspecified atom stereocenters. The molecule has 230 valence electrons. The van der Waals surface area contributed by atoms with E-state index in [1.807, 2.05) is 0 Å². The molecular formula is C31H27F3N8O3. The fourth-order valence-corrected chi connectivity index (χ4v) is 4.69. The second-order valence-corrected chi connectivity index (χ2v) is 10.1. The van der Waals surface area contributed by atoms with Crippen LogP contribution in [0.5, 0.6) is 5.75 Å². The van der Waals surface area contributed by atoms with Crippen LogP contribution in [-0.2, 0) is 4.84 Å². The van der Waals surface area contributed by atoms with Gasteiger partial charge in [0.25, 0.3) is 5.91 Å². The summed E-state index contributed by atoms with van der Waals surface area (Å²) in [6.45, 7) is 1.92. The highest BCUT2D eigenvalue weighted by Gasteiger charge is 2.27. The van der Waals surface area contributed by atoms with Gasteiger partial charge in [0.2, 0.25) is 0 Å². The van der Waals surface area contributed by atoms with E-state index >= 15 is 4.39 Å². The third-order valence-corrected chi connectivity index (χ3v) is 6.93. The van der Waals surface area contributed by atoms with Crippen LogP contribution in [0.15, 0.2) is 67.3 Å². The fourth-order valence-electron chi connectivity index (χ4n) is 4.69. The zero-order chi connectivity index (χ0) is 31.5. The van der Waals surface area contributed by atoms with Crippen molar-refractivity contribution < 1.29 is 27.5 Å². The molecule has 1 amide bonds. The molecule has 1 fully saturated rings. The molecule has 1 saturated carbocycles. The van der Waals surface area contributed by atoms with Crippen LogP contribution in [-0.4, -0.2) is 44.4 Å². The van der Waals surface area contributed by atoms with Crippen molar-refractivity contribution in [3.63, 3.8) is 0 Å². The number of hydrogen-bond donors (Lipinski definition) is 3. The van der Waals surface area contributed by atoms with Gasteiger partial charge >= 0.3 is 0 Å². The number of ether oxygens (including phenoxy) is 1. The van der Waals surface area contributed by atoms with E-state index in [9.17, 15) is 13.6 Å². The predicted molar refractivity (Wildman–Crippen MR) is 160 cm³/mol. The van der Waals surface area contributed by atoms with Crippen molar-refractivity contribution in [3.8, 4) is 28.3 Å². The third-order valence-electron chi connectivity index (χ3n) is 6.93. The van der Waals surface area contributed by atoms with E-state index in [1.54, 1.807) is 42.2 Å². The lowest BCUT2D eigenvalue weighted by atomic mass is 9.98. The van der Waals surface area contributed by atoms with Crippen molar-refractivity contribution in [2.24, 2.45) is 0 Å². The molecule has 5 aromatic rings. The van der Waals surface area contributed by atoms with E-state index in [4.69, 9.17) is 9.57 Å². The van der Waals surface area contributed by atoms with Crippen LogP contribution in [0.25, 0.3) is 22.5 Å². The number of hydrogen-bond acceptors (Lipinski definition) is 9. The van der Waals surface area contributed by atoms with E-state index in [0.29, 0.717) is 46.1 Å². The molecule has 6 rings (SSSR count). The first kappa shape index (κ1) is 29.6. The van der Waals surface area contributed by atoms with Crippen LogP contribution in [0.2, 0.25) is 0 Å². The molecule has 2 aromatic carbocycles. The summed E-state index contributed by atoms with van der Waals surface area (Å²) in [5.41, 5.74) is 4.44. The average Bonchev–Trinajstić information content (AvgIpc) is 3.77. The predicted octanol–water partition coefficient (Wildman–Crippen LogP) is 6.33. The second-order valence-electron chi connectivity index (χ2n) is 10.1. The quantitative estimate of drug-likeness (QED) is 0.146. The molecule has 1 aliphatic carbocycles. The van der Waals surface area contributed by atoms with Gasteiger partial charge in [0.05, 0.1) is 42.8 Å². The van der Waals surface area contributed by atoms with Gasteiger partial charge in [-0.3, -0.25) is 9.63 Å². The van der Waals surface area contributed by atoms with Gasteiger partial charge in [-0.25, -0.2) is 38.3 Å². The Bertz CT molecular complexity index is 1880. The highest BCUT2D eigenvalue weighted by molar-refractivity contribution is 6.01. The van der Waals surface area contributed by atoms with Gasteiger partial charge in [0.15, 0.2) is 17.5 Å². The number of nitrogens with zero attached hydrogens (tertiary/aromatic N) is 5. The van der Waals surface area contributed by atoms with E-state index in [1.165, 1.54) is 31.5 Å². The molecule has 45 heavy (non-hydrogen) atoms. The van der Waals surface area contributed by atoms with Gasteiger partial charge < -0.3 is 15.4 Å². The molecule has 3 N–H and O–H groups in total. The molecular weight excluding hydrogens is 589 g/mol. The van der Waals surface area contributed by atoms with Crippen molar-refractivity contribution in [1.82, 2.24) is 30.2 Å². The van der Waals surface area contributed by atoms with Crippen LogP contribution in [0, 0.1) is 17.5 Å². The molecule has 11 nitrogen and oxygen atoms in total. The zero-order valence-electron chi connectivity index (χ0n) is 24.1. The normalized spacial score (nSPS) is 12.6. The van der Waals surface area contributed by atoms with E-state index < -0.39 is 23.4 Å². The number of hydroxylamine groups is 1. The van der Waals surface area contributed by atoms with E-state index in [0.717, 1.165) is 19.0 Å². The minimum Gasteiger partial charge on any atom is -0.495 e. The Morgan fingerprint density at radius 2 is 1.73 bits per heavy atom. The van der Waals surface area contributed by atoms with E-state index in [2.05, 4.69) is 36.2 Å².